The molecule has 1 N–H and O–H groups in total. The van der Waals surface area contributed by atoms with E-state index in [4.69, 9.17) is 12.2 Å². The number of nitrogens with zero attached hydrogens (tertiary/aromatic N) is 1. The van der Waals surface area contributed by atoms with E-state index in [0.29, 0.717) is 5.11 Å². The van der Waals surface area contributed by atoms with Gasteiger partial charge >= 0.3 is 0 Å². The maximum absolute atomic E-state index is 11.4. The first-order valence-electron chi connectivity index (χ1n) is 3.74. The molecule has 1 aliphatic rings. The zero-order valence-electron chi connectivity index (χ0n) is 7.16. The molecule has 12 heavy (non-hydrogen) atoms. The molecule has 5 heteroatoms. The Labute approximate surface area is 81.9 Å². The summed E-state index contributed by atoms with van der Waals surface area (Å²) in [6, 6.07) is -0.0880. The van der Waals surface area contributed by atoms with Gasteiger partial charge in [-0.05, 0) is 30.6 Å². The topological polar surface area (TPSA) is 32.3 Å². The van der Waals surface area contributed by atoms with Gasteiger partial charge in [0.15, 0.2) is 5.11 Å². The summed E-state index contributed by atoms with van der Waals surface area (Å²) in [6.45, 7) is 0. The van der Waals surface area contributed by atoms with Crippen molar-refractivity contribution < 1.29 is 4.79 Å². The number of thioether (sulfide) groups is 1. The Morgan fingerprint density at radius 2 is 2.42 bits per heavy atom. The van der Waals surface area contributed by atoms with Gasteiger partial charge in [0.25, 0.3) is 5.91 Å². The van der Waals surface area contributed by atoms with E-state index in [2.05, 4.69) is 5.32 Å². The minimum atomic E-state index is -0.0880. The second kappa shape index (κ2) is 4.09. The molecule has 1 atom stereocenters. The second-order valence-electron chi connectivity index (χ2n) is 2.68. The van der Waals surface area contributed by atoms with Crippen molar-refractivity contribution in [2.24, 2.45) is 0 Å². The van der Waals surface area contributed by atoms with E-state index in [9.17, 15) is 4.79 Å². The van der Waals surface area contributed by atoms with Crippen molar-refractivity contribution in [1.29, 1.82) is 0 Å². The van der Waals surface area contributed by atoms with Gasteiger partial charge in [-0.25, -0.2) is 0 Å². The van der Waals surface area contributed by atoms with E-state index in [-0.39, 0.29) is 11.9 Å². The highest BCUT2D eigenvalue weighted by atomic mass is 32.2. The van der Waals surface area contributed by atoms with Gasteiger partial charge in [-0.1, -0.05) is 0 Å². The zero-order chi connectivity index (χ0) is 9.14. The first kappa shape index (κ1) is 9.80. The molecule has 1 fully saturated rings. The van der Waals surface area contributed by atoms with Crippen LogP contribution in [-0.2, 0) is 4.79 Å². The minimum Gasteiger partial charge on any atom is -0.350 e. The summed E-state index contributed by atoms with van der Waals surface area (Å²) < 4.78 is 0. The van der Waals surface area contributed by atoms with Crippen molar-refractivity contribution in [2.45, 2.75) is 12.5 Å². The fourth-order valence-corrected chi connectivity index (χ4v) is 1.78. The van der Waals surface area contributed by atoms with Crippen LogP contribution < -0.4 is 5.32 Å². The van der Waals surface area contributed by atoms with E-state index in [1.165, 1.54) is 4.90 Å². The Kier molecular flexibility index (Phi) is 3.34. The SMILES string of the molecule is CSCC[C@H]1NC(=S)N(C)C1=O. The molecule has 68 valence electrons. The monoisotopic (exact) mass is 204 g/mol. The predicted octanol–water partition coefficient (Wildman–Crippen LogP) is 0.455. The number of rotatable bonds is 3. The summed E-state index contributed by atoms with van der Waals surface area (Å²) in [6.07, 6.45) is 2.88. The molecule has 0 aromatic heterocycles. The van der Waals surface area contributed by atoms with E-state index >= 15 is 0 Å². The van der Waals surface area contributed by atoms with Crippen molar-refractivity contribution in [3.63, 3.8) is 0 Å². The van der Waals surface area contributed by atoms with Crippen LogP contribution in [0.4, 0.5) is 0 Å². The van der Waals surface area contributed by atoms with Crippen LogP contribution in [0, 0.1) is 0 Å². The number of carbonyl (C=O) groups excluding carboxylic acids is 1. The highest BCUT2D eigenvalue weighted by Gasteiger charge is 2.31. The first-order valence-corrected chi connectivity index (χ1v) is 5.54. The molecular weight excluding hydrogens is 192 g/mol. The van der Waals surface area contributed by atoms with E-state index in [1.807, 2.05) is 6.26 Å². The Balaban J connectivity index is 2.47. The highest BCUT2D eigenvalue weighted by molar-refractivity contribution is 7.98. The number of hydrogen-bond donors (Lipinski definition) is 1. The number of nitrogens with one attached hydrogen (secondary N) is 1. The molecule has 3 nitrogen and oxygen atoms in total. The fraction of sp³-hybridized carbons (Fsp3) is 0.714. The predicted molar refractivity (Wildman–Crippen MR) is 55.3 cm³/mol. The zero-order valence-corrected chi connectivity index (χ0v) is 8.80. The summed E-state index contributed by atoms with van der Waals surface area (Å²) in [5.41, 5.74) is 0. The van der Waals surface area contributed by atoms with Crippen LogP contribution in [0.2, 0.25) is 0 Å². The molecule has 1 rings (SSSR count). The van der Waals surface area contributed by atoms with Crippen molar-refractivity contribution in [3.05, 3.63) is 0 Å². The summed E-state index contributed by atoms with van der Waals surface area (Å²) in [5, 5.41) is 3.53. The molecule has 1 heterocycles. The van der Waals surface area contributed by atoms with Crippen LogP contribution in [0.1, 0.15) is 6.42 Å². The largest absolute Gasteiger partial charge is 0.350 e. The van der Waals surface area contributed by atoms with Crippen LogP contribution in [0.15, 0.2) is 0 Å². The van der Waals surface area contributed by atoms with Crippen LogP contribution in [0.5, 0.6) is 0 Å². The molecule has 0 bridgehead atoms. The van der Waals surface area contributed by atoms with Gasteiger partial charge in [0.2, 0.25) is 0 Å². The third-order valence-electron chi connectivity index (χ3n) is 1.84. The highest BCUT2D eigenvalue weighted by Crippen LogP contribution is 2.09. The number of thiocarbonyl (C=S) groups is 1. The van der Waals surface area contributed by atoms with E-state index < -0.39 is 0 Å². The van der Waals surface area contributed by atoms with Gasteiger partial charge in [0.1, 0.15) is 6.04 Å². The summed E-state index contributed by atoms with van der Waals surface area (Å²) in [7, 11) is 1.71. The lowest BCUT2D eigenvalue weighted by Crippen LogP contribution is -2.29. The number of hydrogen-bond acceptors (Lipinski definition) is 3. The molecule has 0 saturated carbocycles. The number of amides is 1. The third kappa shape index (κ3) is 1.90. The van der Waals surface area contributed by atoms with Crippen LogP contribution >= 0.6 is 24.0 Å². The molecule has 0 radical (unpaired) electrons. The number of carbonyl (C=O) groups is 1. The average molecular weight is 204 g/mol. The summed E-state index contributed by atoms with van der Waals surface area (Å²) in [5.74, 6) is 1.08. The van der Waals surface area contributed by atoms with Gasteiger partial charge < -0.3 is 5.32 Å². The lowest BCUT2D eigenvalue weighted by atomic mass is 10.2. The van der Waals surface area contributed by atoms with E-state index in [1.54, 1.807) is 18.8 Å². The first-order chi connectivity index (χ1) is 5.66. The Morgan fingerprint density at radius 1 is 1.75 bits per heavy atom. The molecule has 0 aromatic carbocycles. The number of likely N-dealkylation sites (N-methyl/N-ethyl adjacent to an activating group) is 1. The van der Waals surface area contributed by atoms with Crippen molar-refractivity contribution in [2.75, 3.05) is 19.1 Å². The van der Waals surface area contributed by atoms with Gasteiger partial charge in [-0.3, -0.25) is 9.69 Å². The van der Waals surface area contributed by atoms with Crippen LogP contribution in [0.3, 0.4) is 0 Å². The molecule has 0 unspecified atom stereocenters. The quantitative estimate of drug-likeness (QED) is 0.677. The average Bonchev–Trinajstić information content (AvgIpc) is 2.30. The molecule has 1 aliphatic heterocycles. The molecule has 0 aliphatic carbocycles. The van der Waals surface area contributed by atoms with Crippen LogP contribution in [0.25, 0.3) is 0 Å². The summed E-state index contributed by atoms with van der Waals surface area (Å²) >= 11 is 6.67. The summed E-state index contributed by atoms with van der Waals surface area (Å²) in [4.78, 5) is 12.9. The van der Waals surface area contributed by atoms with Gasteiger partial charge in [-0.2, -0.15) is 11.8 Å². The van der Waals surface area contributed by atoms with E-state index in [0.717, 1.165) is 12.2 Å². The van der Waals surface area contributed by atoms with Crippen LogP contribution in [-0.4, -0.2) is 41.0 Å². The Hall–Kier alpha value is -0.290. The van der Waals surface area contributed by atoms with Gasteiger partial charge in [0, 0.05) is 7.05 Å². The smallest absolute Gasteiger partial charge is 0.251 e. The lowest BCUT2D eigenvalue weighted by molar-refractivity contribution is -0.126. The minimum absolute atomic E-state index is 0.0880. The molecule has 0 aromatic rings. The standard InChI is InChI=1S/C7H12N2OS2/c1-9-6(10)5(3-4-12-2)8-7(9)11/h5H,3-4H2,1-2H3,(H,8,11)/t5-/m1/s1. The molecular formula is C7H12N2OS2. The van der Waals surface area contributed by atoms with Gasteiger partial charge in [-0.15, -0.1) is 0 Å². The fourth-order valence-electron chi connectivity index (χ4n) is 1.07. The lowest BCUT2D eigenvalue weighted by Gasteiger charge is -2.06. The molecule has 1 amide bonds. The van der Waals surface area contributed by atoms with Crippen molar-refractivity contribution in [1.82, 2.24) is 10.2 Å². The maximum atomic E-state index is 11.4. The second-order valence-corrected chi connectivity index (χ2v) is 4.05. The van der Waals surface area contributed by atoms with Crippen molar-refractivity contribution >= 4 is 35.0 Å². The third-order valence-corrected chi connectivity index (χ3v) is 2.88. The Morgan fingerprint density at radius 3 is 2.83 bits per heavy atom. The van der Waals surface area contributed by atoms with Crippen molar-refractivity contribution in [3.8, 4) is 0 Å². The van der Waals surface area contributed by atoms with Gasteiger partial charge in [0.05, 0.1) is 0 Å². The maximum Gasteiger partial charge on any atom is 0.251 e. The molecule has 1 saturated heterocycles. The molecule has 0 spiro atoms. The normalized spacial score (nSPS) is 23.2. The Bertz CT molecular complexity index is 208.